The lowest BCUT2D eigenvalue weighted by molar-refractivity contribution is 0.00633. The van der Waals surface area contributed by atoms with Crippen LogP contribution in [0.1, 0.15) is 43.6 Å². The predicted octanol–water partition coefficient (Wildman–Crippen LogP) is 6.37. The number of nitrogens with zero attached hydrogens (tertiary/aromatic N) is 2. The quantitative estimate of drug-likeness (QED) is 0.319. The zero-order valence-electron chi connectivity index (χ0n) is 19.0. The summed E-state index contributed by atoms with van der Waals surface area (Å²) >= 11 is 12.0. The van der Waals surface area contributed by atoms with Gasteiger partial charge in [0.15, 0.2) is 18.1 Å². The van der Waals surface area contributed by atoms with Gasteiger partial charge in [0.2, 0.25) is 5.78 Å². The molecule has 0 aliphatic carbocycles. The van der Waals surface area contributed by atoms with E-state index >= 15 is 0 Å². The first-order valence-electron chi connectivity index (χ1n) is 11.0. The molecule has 0 saturated carbocycles. The average molecular weight is 506 g/mol. The molecule has 1 aromatic heterocycles. The van der Waals surface area contributed by atoms with Crippen LogP contribution in [-0.2, 0) is 4.74 Å². The second kappa shape index (κ2) is 9.30. The highest BCUT2D eigenvalue weighted by atomic mass is 35.5. The zero-order valence-corrected chi connectivity index (χ0v) is 20.5. The number of hydrogen-bond donors (Lipinski definition) is 1. The van der Waals surface area contributed by atoms with E-state index in [2.05, 4.69) is 10.4 Å². The number of halogens is 2. The van der Waals surface area contributed by atoms with Crippen LogP contribution in [0.5, 0.6) is 0 Å². The Morgan fingerprint density at radius 2 is 1.37 bits per heavy atom. The standard InChI is InChI=1S/C27H21Cl2N3O3/c1-15-3-13-21(14-4-15)32-26-22(16(2)31-32)25(23(33)17-5-9-19(28)10-6-17)35-27(30-26)24(34)18-7-11-20(29)12-8-18/h3-14,25,27,30H,1-2H3/t25-,27+/m1/s1. The Morgan fingerprint density at radius 1 is 0.829 bits per heavy atom. The monoisotopic (exact) mass is 505 g/mol. The molecule has 5 rings (SSSR count). The van der Waals surface area contributed by atoms with Gasteiger partial charge in [-0.2, -0.15) is 5.10 Å². The smallest absolute Gasteiger partial charge is 0.212 e. The van der Waals surface area contributed by atoms with Crippen molar-refractivity contribution < 1.29 is 14.3 Å². The third kappa shape index (κ3) is 4.48. The fourth-order valence-corrected chi connectivity index (χ4v) is 4.33. The molecular formula is C27H21Cl2N3O3. The van der Waals surface area contributed by atoms with Crippen LogP contribution in [0, 0.1) is 13.8 Å². The van der Waals surface area contributed by atoms with Crippen LogP contribution in [0.2, 0.25) is 10.0 Å². The summed E-state index contributed by atoms with van der Waals surface area (Å²) in [4.78, 5) is 27.0. The maximum atomic E-state index is 13.6. The van der Waals surface area contributed by atoms with E-state index in [1.54, 1.807) is 53.2 Å². The van der Waals surface area contributed by atoms with Crippen molar-refractivity contribution in [1.29, 1.82) is 0 Å². The number of benzene rings is 3. The molecule has 0 radical (unpaired) electrons. The molecule has 0 fully saturated rings. The van der Waals surface area contributed by atoms with Crippen LogP contribution in [0.4, 0.5) is 5.82 Å². The summed E-state index contributed by atoms with van der Waals surface area (Å²) < 4.78 is 7.83. The van der Waals surface area contributed by atoms with E-state index in [0.29, 0.717) is 38.2 Å². The van der Waals surface area contributed by atoms with Gasteiger partial charge in [0.05, 0.1) is 16.9 Å². The van der Waals surface area contributed by atoms with Crippen molar-refractivity contribution in [3.8, 4) is 5.69 Å². The Bertz CT molecular complexity index is 1410. The van der Waals surface area contributed by atoms with Crippen molar-refractivity contribution in [2.24, 2.45) is 0 Å². The number of anilines is 1. The molecule has 2 atom stereocenters. The summed E-state index contributed by atoms with van der Waals surface area (Å²) in [6.07, 6.45) is -2.14. The highest BCUT2D eigenvalue weighted by Gasteiger charge is 2.40. The van der Waals surface area contributed by atoms with Crippen molar-refractivity contribution in [2.75, 3.05) is 5.32 Å². The average Bonchev–Trinajstić information content (AvgIpc) is 3.20. The van der Waals surface area contributed by atoms with Gasteiger partial charge in [0.1, 0.15) is 5.82 Å². The van der Waals surface area contributed by atoms with Crippen molar-refractivity contribution in [1.82, 2.24) is 9.78 Å². The van der Waals surface area contributed by atoms with Gasteiger partial charge in [0, 0.05) is 21.2 Å². The van der Waals surface area contributed by atoms with Gasteiger partial charge in [-0.3, -0.25) is 9.59 Å². The maximum Gasteiger partial charge on any atom is 0.212 e. The van der Waals surface area contributed by atoms with Crippen molar-refractivity contribution in [2.45, 2.75) is 26.2 Å². The SMILES string of the molecule is Cc1ccc(-n2nc(C)c3c2N[C@H](C(=O)c2ccc(Cl)cc2)O[C@H]3C(=O)c2ccc(Cl)cc2)cc1. The van der Waals surface area contributed by atoms with Crippen molar-refractivity contribution in [3.05, 3.63) is 111 Å². The van der Waals surface area contributed by atoms with Gasteiger partial charge in [-0.15, -0.1) is 0 Å². The Morgan fingerprint density at radius 3 is 1.94 bits per heavy atom. The number of aryl methyl sites for hydroxylation is 2. The molecule has 8 heteroatoms. The van der Waals surface area contributed by atoms with E-state index < -0.39 is 12.3 Å². The Kier molecular flexibility index (Phi) is 6.19. The third-order valence-electron chi connectivity index (χ3n) is 5.92. The predicted molar refractivity (Wildman–Crippen MR) is 136 cm³/mol. The minimum absolute atomic E-state index is 0.287. The molecule has 176 valence electrons. The second-order valence-electron chi connectivity index (χ2n) is 8.38. The van der Waals surface area contributed by atoms with Crippen LogP contribution in [0.3, 0.4) is 0 Å². The fourth-order valence-electron chi connectivity index (χ4n) is 4.08. The Balaban J connectivity index is 1.61. The molecule has 1 aliphatic rings. The number of aromatic nitrogens is 2. The first kappa shape index (κ1) is 23.3. The molecule has 1 aliphatic heterocycles. The topological polar surface area (TPSA) is 73.2 Å². The first-order chi connectivity index (χ1) is 16.8. The number of rotatable bonds is 5. The number of fused-ring (bicyclic) bond motifs is 1. The molecular weight excluding hydrogens is 485 g/mol. The largest absolute Gasteiger partial charge is 0.338 e. The highest BCUT2D eigenvalue weighted by molar-refractivity contribution is 6.31. The number of ketones is 2. The molecule has 0 bridgehead atoms. The summed E-state index contributed by atoms with van der Waals surface area (Å²) in [6.45, 7) is 3.82. The molecule has 0 spiro atoms. The number of ether oxygens (including phenoxy) is 1. The first-order valence-corrected chi connectivity index (χ1v) is 11.8. The van der Waals surface area contributed by atoms with Gasteiger partial charge in [-0.05, 0) is 74.5 Å². The van der Waals surface area contributed by atoms with Crippen LogP contribution in [0.25, 0.3) is 5.69 Å². The van der Waals surface area contributed by atoms with Crippen molar-refractivity contribution in [3.63, 3.8) is 0 Å². The van der Waals surface area contributed by atoms with E-state index in [1.165, 1.54) is 0 Å². The van der Waals surface area contributed by atoms with Crippen LogP contribution >= 0.6 is 23.2 Å². The number of carbonyl (C=O) groups is 2. The molecule has 1 N–H and O–H groups in total. The normalized spacial score (nSPS) is 16.9. The second-order valence-corrected chi connectivity index (χ2v) is 9.25. The lowest BCUT2D eigenvalue weighted by Crippen LogP contribution is -2.40. The molecule has 6 nitrogen and oxygen atoms in total. The Labute approximate surface area is 212 Å². The van der Waals surface area contributed by atoms with E-state index in [4.69, 9.17) is 27.9 Å². The fraction of sp³-hybridized carbons (Fsp3) is 0.148. The van der Waals surface area contributed by atoms with Crippen LogP contribution in [0.15, 0.2) is 72.8 Å². The van der Waals surface area contributed by atoms with Crippen LogP contribution in [-0.4, -0.2) is 27.6 Å². The molecule has 0 unspecified atom stereocenters. The summed E-state index contributed by atoms with van der Waals surface area (Å²) in [5.41, 5.74) is 3.95. The van der Waals surface area contributed by atoms with Gasteiger partial charge in [0.25, 0.3) is 0 Å². The van der Waals surface area contributed by atoms with E-state index in [-0.39, 0.29) is 11.6 Å². The van der Waals surface area contributed by atoms with Crippen molar-refractivity contribution >= 4 is 40.6 Å². The van der Waals surface area contributed by atoms with Gasteiger partial charge in [-0.1, -0.05) is 40.9 Å². The number of carbonyl (C=O) groups excluding carboxylic acids is 2. The summed E-state index contributed by atoms with van der Waals surface area (Å²) in [5, 5.41) is 8.90. The van der Waals surface area contributed by atoms with E-state index in [0.717, 1.165) is 11.3 Å². The summed E-state index contributed by atoms with van der Waals surface area (Å²) in [6, 6.07) is 20.9. The van der Waals surface area contributed by atoms with Gasteiger partial charge in [-0.25, -0.2) is 4.68 Å². The highest BCUT2D eigenvalue weighted by Crippen LogP contribution is 2.39. The van der Waals surface area contributed by atoms with Gasteiger partial charge < -0.3 is 10.1 Å². The summed E-state index contributed by atoms with van der Waals surface area (Å²) in [5.74, 6) is -0.0716. The van der Waals surface area contributed by atoms with Crippen LogP contribution < -0.4 is 5.32 Å². The van der Waals surface area contributed by atoms with Gasteiger partial charge >= 0.3 is 0 Å². The molecule has 2 heterocycles. The molecule has 4 aromatic rings. The summed E-state index contributed by atoms with van der Waals surface area (Å²) in [7, 11) is 0. The molecule has 0 saturated heterocycles. The number of Topliss-reactive ketones (excluding diaryl/α,β-unsaturated/α-hetero) is 2. The van der Waals surface area contributed by atoms with E-state index in [9.17, 15) is 9.59 Å². The number of nitrogens with one attached hydrogen (secondary N) is 1. The zero-order chi connectivity index (χ0) is 24.7. The molecule has 3 aromatic carbocycles. The lowest BCUT2D eigenvalue weighted by Gasteiger charge is -2.31. The minimum atomic E-state index is -1.11. The minimum Gasteiger partial charge on any atom is -0.338 e. The molecule has 0 amide bonds. The Hall–Kier alpha value is -3.45. The lowest BCUT2D eigenvalue weighted by atomic mass is 9.97. The number of hydrogen-bond acceptors (Lipinski definition) is 5. The van der Waals surface area contributed by atoms with E-state index in [1.807, 2.05) is 38.1 Å². The molecule has 35 heavy (non-hydrogen) atoms. The third-order valence-corrected chi connectivity index (χ3v) is 6.43. The maximum absolute atomic E-state index is 13.6.